The van der Waals surface area contributed by atoms with Crippen molar-refractivity contribution in [1.29, 1.82) is 0 Å². The number of carbonyl (C=O) groups is 1. The summed E-state index contributed by atoms with van der Waals surface area (Å²) in [5.74, 6) is 1.02. The maximum Gasteiger partial charge on any atom is 0.505 e. The Bertz CT molecular complexity index is 515. The van der Waals surface area contributed by atoms with E-state index in [0.29, 0.717) is 0 Å². The van der Waals surface area contributed by atoms with Crippen LogP contribution in [0.25, 0.3) is 0 Å². The molecule has 0 atom stereocenters. The Morgan fingerprint density at radius 2 is 1.91 bits per heavy atom. The minimum Gasteiger partial charge on any atom is -0.399 e. The fourth-order valence-corrected chi connectivity index (χ4v) is 4.13. The van der Waals surface area contributed by atoms with Crippen molar-refractivity contribution in [3.8, 4) is 0 Å². The molecule has 1 aromatic rings. The van der Waals surface area contributed by atoms with Crippen molar-refractivity contribution in [3.05, 3.63) is 12.1 Å². The highest BCUT2D eigenvalue weighted by Crippen LogP contribution is 2.37. The van der Waals surface area contributed by atoms with Crippen molar-refractivity contribution in [1.82, 2.24) is 5.32 Å². The fourth-order valence-electron chi connectivity index (χ4n) is 2.01. The standard InChI is InChI=1S/C15H24BNO3S2/c1-11(18)17-9-6-10-21-13-8-7-12(22-13)16-19-14(2,3)15(4,5)20-16/h7-8H,6,9-10H2,1-5H3,(H,17,18). The Balaban J connectivity index is 1.84. The normalized spacial score (nSPS) is 19.4. The van der Waals surface area contributed by atoms with Gasteiger partial charge in [-0.25, -0.2) is 0 Å². The second-order valence-electron chi connectivity index (χ2n) is 6.43. The lowest BCUT2D eigenvalue weighted by Gasteiger charge is -2.32. The number of carbonyl (C=O) groups excluding carboxylic acids is 1. The molecule has 2 heterocycles. The summed E-state index contributed by atoms with van der Waals surface area (Å²) < 4.78 is 14.5. The largest absolute Gasteiger partial charge is 0.505 e. The number of thioether (sulfide) groups is 1. The Morgan fingerprint density at radius 1 is 1.27 bits per heavy atom. The van der Waals surface area contributed by atoms with Crippen LogP contribution in [0.1, 0.15) is 41.0 Å². The van der Waals surface area contributed by atoms with Gasteiger partial charge in [-0.05, 0) is 40.2 Å². The maximum atomic E-state index is 10.8. The zero-order chi connectivity index (χ0) is 16.4. The summed E-state index contributed by atoms with van der Waals surface area (Å²) in [6, 6.07) is 4.21. The lowest BCUT2D eigenvalue weighted by molar-refractivity contribution is -0.118. The second-order valence-corrected chi connectivity index (χ2v) is 8.94. The van der Waals surface area contributed by atoms with Gasteiger partial charge < -0.3 is 14.6 Å². The number of amides is 1. The summed E-state index contributed by atoms with van der Waals surface area (Å²) in [6.07, 6.45) is 0.966. The summed E-state index contributed by atoms with van der Waals surface area (Å²) in [5.41, 5.74) is -0.597. The molecule has 1 aromatic heterocycles. The average Bonchev–Trinajstić information content (AvgIpc) is 2.92. The van der Waals surface area contributed by atoms with Crippen LogP contribution < -0.4 is 10.1 Å². The van der Waals surface area contributed by atoms with Crippen LogP contribution in [0.15, 0.2) is 16.3 Å². The van der Waals surface area contributed by atoms with Crippen molar-refractivity contribution in [2.24, 2.45) is 0 Å². The molecule has 1 N–H and O–H groups in total. The van der Waals surface area contributed by atoms with E-state index in [4.69, 9.17) is 9.31 Å². The van der Waals surface area contributed by atoms with Crippen LogP contribution in [0, 0.1) is 0 Å². The summed E-state index contributed by atoms with van der Waals surface area (Å²) in [5, 5.41) is 2.81. The molecule has 0 unspecified atom stereocenters. The number of hydrogen-bond acceptors (Lipinski definition) is 5. The Hall–Kier alpha value is -0.495. The first-order chi connectivity index (χ1) is 10.2. The second kappa shape index (κ2) is 6.95. The molecular formula is C15H24BNO3S2. The van der Waals surface area contributed by atoms with Crippen LogP contribution in [-0.2, 0) is 14.1 Å². The first-order valence-corrected chi connectivity index (χ1v) is 9.34. The van der Waals surface area contributed by atoms with E-state index in [-0.39, 0.29) is 24.2 Å². The molecule has 4 nitrogen and oxygen atoms in total. The molecule has 22 heavy (non-hydrogen) atoms. The van der Waals surface area contributed by atoms with E-state index in [2.05, 4.69) is 45.1 Å². The number of thiophene rings is 1. The first kappa shape index (κ1) is 17.9. The van der Waals surface area contributed by atoms with Crippen molar-refractivity contribution in [2.45, 2.75) is 56.5 Å². The van der Waals surface area contributed by atoms with Crippen LogP contribution in [0.5, 0.6) is 0 Å². The summed E-state index contributed by atoms with van der Waals surface area (Å²) in [7, 11) is -0.274. The molecule has 2 rings (SSSR count). The smallest absolute Gasteiger partial charge is 0.399 e. The third kappa shape index (κ3) is 4.28. The quantitative estimate of drug-likeness (QED) is 0.491. The van der Waals surface area contributed by atoms with Crippen molar-refractivity contribution >= 4 is 40.9 Å². The predicted molar refractivity (Wildman–Crippen MR) is 94.1 cm³/mol. The highest BCUT2D eigenvalue weighted by Gasteiger charge is 2.52. The minimum atomic E-state index is -0.298. The van der Waals surface area contributed by atoms with E-state index < -0.39 is 0 Å². The molecule has 122 valence electrons. The Labute approximate surface area is 141 Å². The fraction of sp³-hybridized carbons (Fsp3) is 0.667. The van der Waals surface area contributed by atoms with Crippen LogP contribution >= 0.6 is 23.1 Å². The maximum absolute atomic E-state index is 10.8. The zero-order valence-corrected chi connectivity index (χ0v) is 15.5. The highest BCUT2D eigenvalue weighted by molar-refractivity contribution is 8.01. The highest BCUT2D eigenvalue weighted by atomic mass is 32.2. The van der Waals surface area contributed by atoms with Crippen LogP contribution in [-0.4, -0.2) is 36.5 Å². The third-order valence-electron chi connectivity index (χ3n) is 4.03. The van der Waals surface area contributed by atoms with Gasteiger partial charge in [0.25, 0.3) is 0 Å². The van der Waals surface area contributed by atoms with Gasteiger partial charge in [-0.15, -0.1) is 23.1 Å². The Kier molecular flexibility index (Phi) is 5.64. The van der Waals surface area contributed by atoms with E-state index in [1.807, 2.05) is 11.8 Å². The molecule has 1 fully saturated rings. The average molecular weight is 341 g/mol. The predicted octanol–water partition coefficient (Wildman–Crippen LogP) is 2.67. The lowest BCUT2D eigenvalue weighted by Crippen LogP contribution is -2.41. The van der Waals surface area contributed by atoms with Gasteiger partial charge in [-0.2, -0.15) is 0 Å². The topological polar surface area (TPSA) is 47.6 Å². The van der Waals surface area contributed by atoms with Crippen LogP contribution in [0.3, 0.4) is 0 Å². The molecule has 0 bridgehead atoms. The SMILES string of the molecule is CC(=O)NCCCSc1ccc(B2OC(C)(C)C(C)(C)O2)s1. The number of nitrogens with one attached hydrogen (secondary N) is 1. The van der Waals surface area contributed by atoms with Gasteiger partial charge in [0.2, 0.25) is 5.91 Å². The van der Waals surface area contributed by atoms with Gasteiger partial charge in [0.05, 0.1) is 15.4 Å². The van der Waals surface area contributed by atoms with Gasteiger partial charge in [-0.3, -0.25) is 4.79 Å². The summed E-state index contributed by atoms with van der Waals surface area (Å²) in [4.78, 5) is 10.8. The molecule has 0 aliphatic carbocycles. The summed E-state index contributed by atoms with van der Waals surface area (Å²) >= 11 is 3.53. The van der Waals surface area contributed by atoms with Crippen molar-refractivity contribution < 1.29 is 14.1 Å². The molecule has 7 heteroatoms. The van der Waals surface area contributed by atoms with Gasteiger partial charge in [0, 0.05) is 24.0 Å². The molecule has 0 radical (unpaired) electrons. The molecule has 1 aliphatic rings. The molecule has 1 amide bonds. The van der Waals surface area contributed by atoms with Crippen LogP contribution in [0.4, 0.5) is 0 Å². The lowest BCUT2D eigenvalue weighted by atomic mass is 9.88. The minimum absolute atomic E-state index is 0.0316. The number of hydrogen-bond donors (Lipinski definition) is 1. The van der Waals surface area contributed by atoms with E-state index in [1.54, 1.807) is 18.3 Å². The van der Waals surface area contributed by atoms with Gasteiger partial charge in [0.1, 0.15) is 0 Å². The molecule has 0 aromatic carbocycles. The van der Waals surface area contributed by atoms with Gasteiger partial charge in [0.15, 0.2) is 0 Å². The zero-order valence-electron chi connectivity index (χ0n) is 13.9. The molecule has 0 saturated carbocycles. The number of rotatable bonds is 6. The van der Waals surface area contributed by atoms with E-state index in [0.717, 1.165) is 23.5 Å². The van der Waals surface area contributed by atoms with Gasteiger partial charge >= 0.3 is 7.12 Å². The van der Waals surface area contributed by atoms with E-state index in [1.165, 1.54) is 4.21 Å². The molecule has 0 spiro atoms. The van der Waals surface area contributed by atoms with E-state index >= 15 is 0 Å². The third-order valence-corrected chi connectivity index (χ3v) is 6.45. The summed E-state index contributed by atoms with van der Waals surface area (Å²) in [6.45, 7) is 10.5. The monoisotopic (exact) mass is 341 g/mol. The molecular weight excluding hydrogens is 317 g/mol. The Morgan fingerprint density at radius 3 is 2.50 bits per heavy atom. The van der Waals surface area contributed by atoms with E-state index in [9.17, 15) is 4.79 Å². The first-order valence-electron chi connectivity index (χ1n) is 7.54. The molecule has 1 aliphatic heterocycles. The van der Waals surface area contributed by atoms with Crippen molar-refractivity contribution in [3.63, 3.8) is 0 Å². The molecule has 1 saturated heterocycles. The van der Waals surface area contributed by atoms with Gasteiger partial charge in [-0.1, -0.05) is 6.07 Å². The van der Waals surface area contributed by atoms with Crippen LogP contribution in [0.2, 0.25) is 0 Å². The van der Waals surface area contributed by atoms with Crippen molar-refractivity contribution in [2.75, 3.05) is 12.3 Å².